The van der Waals surface area contributed by atoms with Gasteiger partial charge in [0.1, 0.15) is 6.04 Å². The summed E-state index contributed by atoms with van der Waals surface area (Å²) in [5.74, 6) is -0.193. The molecule has 4 aromatic rings. The van der Waals surface area contributed by atoms with Crippen molar-refractivity contribution < 1.29 is 4.79 Å². The van der Waals surface area contributed by atoms with Gasteiger partial charge >= 0.3 is 0 Å². The molecule has 1 atom stereocenters. The SMILES string of the molecule is Cn1cc(-c2ccc(NC(=O)[C@H](NCCc3ccc(C#N)cc3)c3ccccc3)c(Cl)c2)cn1. The highest BCUT2D eigenvalue weighted by atomic mass is 35.5. The van der Waals surface area contributed by atoms with Gasteiger partial charge < -0.3 is 10.6 Å². The monoisotopic (exact) mass is 469 g/mol. The second-order valence-corrected chi connectivity index (χ2v) is 8.35. The summed E-state index contributed by atoms with van der Waals surface area (Å²) in [6.07, 6.45) is 4.41. The van der Waals surface area contributed by atoms with E-state index in [0.29, 0.717) is 22.8 Å². The predicted octanol–water partition coefficient (Wildman–Crippen LogP) is 5.12. The molecule has 7 heteroatoms. The van der Waals surface area contributed by atoms with E-state index in [1.54, 1.807) is 29.1 Å². The minimum Gasteiger partial charge on any atom is -0.323 e. The zero-order valence-corrected chi connectivity index (χ0v) is 19.5. The highest BCUT2D eigenvalue weighted by molar-refractivity contribution is 6.34. The number of halogens is 1. The van der Waals surface area contributed by atoms with E-state index >= 15 is 0 Å². The van der Waals surface area contributed by atoms with Crippen molar-refractivity contribution in [1.29, 1.82) is 5.26 Å². The Hall–Kier alpha value is -3.92. The first kappa shape index (κ1) is 23.2. The average molecular weight is 470 g/mol. The Balaban J connectivity index is 1.46. The van der Waals surface area contributed by atoms with Crippen molar-refractivity contribution in [3.05, 3.63) is 107 Å². The van der Waals surface area contributed by atoms with Gasteiger partial charge in [-0.25, -0.2) is 0 Å². The zero-order chi connectivity index (χ0) is 23.9. The van der Waals surface area contributed by atoms with Crippen molar-refractivity contribution >= 4 is 23.2 Å². The molecule has 0 aliphatic rings. The van der Waals surface area contributed by atoms with Gasteiger partial charge in [-0.2, -0.15) is 10.4 Å². The Morgan fingerprint density at radius 3 is 2.50 bits per heavy atom. The third-order valence-corrected chi connectivity index (χ3v) is 5.82. The smallest absolute Gasteiger partial charge is 0.246 e. The number of anilines is 1. The van der Waals surface area contributed by atoms with E-state index in [1.807, 2.05) is 67.8 Å². The number of aromatic nitrogens is 2. The number of hydrogen-bond donors (Lipinski definition) is 2. The van der Waals surface area contributed by atoms with Crippen LogP contribution in [0.25, 0.3) is 11.1 Å². The quantitative estimate of drug-likeness (QED) is 0.375. The molecular formula is C27H24ClN5O. The molecule has 0 bridgehead atoms. The minimum atomic E-state index is -0.548. The lowest BCUT2D eigenvalue weighted by atomic mass is 10.0. The third-order valence-electron chi connectivity index (χ3n) is 5.51. The molecule has 0 spiro atoms. The van der Waals surface area contributed by atoms with Crippen LogP contribution in [0.3, 0.4) is 0 Å². The summed E-state index contributed by atoms with van der Waals surface area (Å²) < 4.78 is 1.73. The van der Waals surface area contributed by atoms with Crippen LogP contribution in [0.1, 0.15) is 22.7 Å². The van der Waals surface area contributed by atoms with E-state index in [0.717, 1.165) is 28.7 Å². The molecular weight excluding hydrogens is 446 g/mol. The van der Waals surface area contributed by atoms with Gasteiger partial charge in [0.2, 0.25) is 5.91 Å². The molecule has 0 radical (unpaired) electrons. The van der Waals surface area contributed by atoms with Gasteiger partial charge in [-0.3, -0.25) is 9.48 Å². The van der Waals surface area contributed by atoms with E-state index in [1.165, 1.54) is 0 Å². The van der Waals surface area contributed by atoms with Crippen LogP contribution in [0, 0.1) is 11.3 Å². The van der Waals surface area contributed by atoms with Gasteiger partial charge in [-0.1, -0.05) is 60.1 Å². The van der Waals surface area contributed by atoms with Gasteiger partial charge in [0.25, 0.3) is 0 Å². The Morgan fingerprint density at radius 1 is 1.09 bits per heavy atom. The lowest BCUT2D eigenvalue weighted by molar-refractivity contribution is -0.118. The van der Waals surface area contributed by atoms with E-state index in [4.69, 9.17) is 16.9 Å². The van der Waals surface area contributed by atoms with E-state index < -0.39 is 6.04 Å². The fourth-order valence-electron chi connectivity index (χ4n) is 3.69. The fraction of sp³-hybridized carbons (Fsp3) is 0.148. The first-order valence-corrected chi connectivity index (χ1v) is 11.3. The van der Waals surface area contributed by atoms with Crippen molar-refractivity contribution in [2.24, 2.45) is 7.05 Å². The molecule has 1 heterocycles. The highest BCUT2D eigenvalue weighted by Gasteiger charge is 2.21. The number of nitrogens with one attached hydrogen (secondary N) is 2. The number of rotatable bonds is 8. The van der Waals surface area contributed by atoms with Crippen LogP contribution in [0.5, 0.6) is 0 Å². The van der Waals surface area contributed by atoms with Crippen molar-refractivity contribution in [1.82, 2.24) is 15.1 Å². The molecule has 0 aliphatic carbocycles. The normalized spacial score (nSPS) is 11.6. The number of nitrogens with zero attached hydrogens (tertiary/aromatic N) is 3. The van der Waals surface area contributed by atoms with Gasteiger partial charge in [-0.05, 0) is 47.4 Å². The number of nitriles is 1. The van der Waals surface area contributed by atoms with E-state index in [-0.39, 0.29) is 5.91 Å². The zero-order valence-electron chi connectivity index (χ0n) is 18.7. The maximum Gasteiger partial charge on any atom is 0.246 e. The minimum absolute atomic E-state index is 0.193. The maximum atomic E-state index is 13.3. The molecule has 4 rings (SSSR count). The third kappa shape index (κ3) is 5.70. The predicted molar refractivity (Wildman–Crippen MR) is 134 cm³/mol. The molecule has 0 unspecified atom stereocenters. The maximum absolute atomic E-state index is 13.3. The lowest BCUT2D eigenvalue weighted by Crippen LogP contribution is -2.34. The largest absolute Gasteiger partial charge is 0.323 e. The topological polar surface area (TPSA) is 82.7 Å². The van der Waals surface area contributed by atoms with Crippen molar-refractivity contribution in [3.63, 3.8) is 0 Å². The van der Waals surface area contributed by atoms with Crippen molar-refractivity contribution in [3.8, 4) is 17.2 Å². The molecule has 3 aromatic carbocycles. The number of carbonyl (C=O) groups is 1. The number of amides is 1. The number of hydrogen-bond acceptors (Lipinski definition) is 4. The van der Waals surface area contributed by atoms with Crippen LogP contribution >= 0.6 is 11.6 Å². The summed E-state index contributed by atoms with van der Waals surface area (Å²) in [6, 6.07) is 24.2. The second kappa shape index (κ2) is 10.8. The molecule has 6 nitrogen and oxygen atoms in total. The summed E-state index contributed by atoms with van der Waals surface area (Å²) >= 11 is 6.50. The molecule has 0 aliphatic heterocycles. The van der Waals surface area contributed by atoms with E-state index in [2.05, 4.69) is 21.8 Å². The van der Waals surface area contributed by atoms with Gasteiger partial charge in [0.15, 0.2) is 0 Å². The summed E-state index contributed by atoms with van der Waals surface area (Å²) in [7, 11) is 1.86. The van der Waals surface area contributed by atoms with Crippen molar-refractivity contribution in [2.45, 2.75) is 12.5 Å². The Morgan fingerprint density at radius 2 is 1.85 bits per heavy atom. The Kier molecular flexibility index (Phi) is 7.38. The first-order valence-electron chi connectivity index (χ1n) is 10.9. The van der Waals surface area contributed by atoms with Gasteiger partial charge in [0, 0.05) is 25.4 Å². The Bertz CT molecular complexity index is 1310. The summed E-state index contributed by atoms with van der Waals surface area (Å²) in [5, 5.41) is 19.9. The molecule has 1 amide bonds. The lowest BCUT2D eigenvalue weighted by Gasteiger charge is -2.20. The molecule has 0 saturated carbocycles. The second-order valence-electron chi connectivity index (χ2n) is 7.94. The van der Waals surface area contributed by atoms with Crippen LogP contribution in [-0.4, -0.2) is 22.2 Å². The fourth-order valence-corrected chi connectivity index (χ4v) is 3.91. The average Bonchev–Trinajstić information content (AvgIpc) is 3.30. The number of carbonyl (C=O) groups excluding carboxylic acids is 1. The first-order chi connectivity index (χ1) is 16.5. The van der Waals surface area contributed by atoms with Gasteiger partial charge in [-0.15, -0.1) is 0 Å². The van der Waals surface area contributed by atoms with Crippen LogP contribution in [-0.2, 0) is 18.3 Å². The Labute approximate surface area is 203 Å². The molecule has 1 aromatic heterocycles. The molecule has 34 heavy (non-hydrogen) atoms. The molecule has 170 valence electrons. The highest BCUT2D eigenvalue weighted by Crippen LogP contribution is 2.29. The van der Waals surface area contributed by atoms with Crippen LogP contribution in [0.2, 0.25) is 5.02 Å². The summed E-state index contributed by atoms with van der Waals surface area (Å²) in [5.41, 5.74) is 5.01. The number of aryl methyl sites for hydroxylation is 1. The van der Waals surface area contributed by atoms with Crippen molar-refractivity contribution in [2.75, 3.05) is 11.9 Å². The van der Waals surface area contributed by atoms with Crippen LogP contribution < -0.4 is 10.6 Å². The molecule has 0 saturated heterocycles. The number of benzene rings is 3. The van der Waals surface area contributed by atoms with Crippen LogP contribution in [0.4, 0.5) is 5.69 Å². The van der Waals surface area contributed by atoms with Crippen LogP contribution in [0.15, 0.2) is 85.2 Å². The van der Waals surface area contributed by atoms with E-state index in [9.17, 15) is 4.79 Å². The molecule has 2 N–H and O–H groups in total. The van der Waals surface area contributed by atoms with Gasteiger partial charge in [0.05, 0.1) is 28.5 Å². The molecule has 0 fully saturated rings. The summed E-state index contributed by atoms with van der Waals surface area (Å²) in [6.45, 7) is 0.590. The standard InChI is InChI=1S/C27H24ClN5O/c1-33-18-23(17-31-33)22-11-12-25(24(28)15-22)32-27(34)26(21-5-3-2-4-6-21)30-14-13-19-7-9-20(16-29)10-8-19/h2-12,15,17-18,26,30H,13-14H2,1H3,(H,32,34)/t26-/m1/s1. The summed E-state index contributed by atoms with van der Waals surface area (Å²) in [4.78, 5) is 13.3.